The average molecular weight is 288 g/mol. The first kappa shape index (κ1) is 13.8. The van der Waals surface area contributed by atoms with Gasteiger partial charge >= 0.3 is 5.97 Å². The van der Waals surface area contributed by atoms with Gasteiger partial charge in [-0.15, -0.1) is 0 Å². The van der Waals surface area contributed by atoms with Crippen molar-refractivity contribution >= 4 is 23.5 Å². The highest BCUT2D eigenvalue weighted by atomic mass is 16.5. The molecule has 1 aromatic carbocycles. The number of hydrogen-bond acceptors (Lipinski definition) is 5. The Bertz CT molecular complexity index is 592. The van der Waals surface area contributed by atoms with Crippen LogP contribution in [0.5, 0.6) is 0 Å². The highest BCUT2D eigenvalue weighted by Gasteiger charge is 2.41. The second kappa shape index (κ2) is 5.29. The topological polar surface area (TPSA) is 75.7 Å². The lowest BCUT2D eigenvalue weighted by Gasteiger charge is -2.15. The standard InChI is InChI=1S/C15H16N2O4/c1-21-15(20)9-2-6-11(7-3-9)17-13(18)8-12(14(17)19)16-10-4-5-10/h2-3,6-7,10,12,16H,4-5,8H2,1H3/t12-/m0/s1. The van der Waals surface area contributed by atoms with Crippen LogP contribution in [0.25, 0.3) is 0 Å². The van der Waals surface area contributed by atoms with E-state index in [-0.39, 0.29) is 18.2 Å². The molecule has 6 nitrogen and oxygen atoms in total. The summed E-state index contributed by atoms with van der Waals surface area (Å²) in [5.41, 5.74) is 0.866. The fraction of sp³-hybridized carbons (Fsp3) is 0.400. The molecule has 2 fully saturated rings. The molecule has 6 heteroatoms. The predicted octanol–water partition coefficient (Wildman–Crippen LogP) is 0.857. The van der Waals surface area contributed by atoms with Crippen molar-refractivity contribution < 1.29 is 19.1 Å². The number of imide groups is 1. The number of ether oxygens (including phenoxy) is 1. The van der Waals surface area contributed by atoms with Crippen LogP contribution in [-0.4, -0.2) is 37.0 Å². The van der Waals surface area contributed by atoms with Crippen LogP contribution >= 0.6 is 0 Å². The van der Waals surface area contributed by atoms with Crippen molar-refractivity contribution in [3.63, 3.8) is 0 Å². The predicted molar refractivity (Wildman–Crippen MR) is 74.8 cm³/mol. The van der Waals surface area contributed by atoms with Crippen molar-refractivity contribution in [2.75, 3.05) is 12.0 Å². The highest BCUT2D eigenvalue weighted by molar-refractivity contribution is 6.22. The Labute approximate surface area is 122 Å². The number of rotatable bonds is 4. The van der Waals surface area contributed by atoms with Crippen molar-refractivity contribution in [2.24, 2.45) is 0 Å². The van der Waals surface area contributed by atoms with E-state index >= 15 is 0 Å². The smallest absolute Gasteiger partial charge is 0.337 e. The molecule has 0 aromatic heterocycles. The largest absolute Gasteiger partial charge is 0.465 e. The van der Waals surface area contributed by atoms with Gasteiger partial charge in [-0.25, -0.2) is 9.69 Å². The fourth-order valence-corrected chi connectivity index (χ4v) is 2.43. The molecule has 0 radical (unpaired) electrons. The average Bonchev–Trinajstić information content (AvgIpc) is 3.25. The maximum Gasteiger partial charge on any atom is 0.337 e. The Hall–Kier alpha value is -2.21. The SMILES string of the molecule is COC(=O)c1ccc(N2C(=O)C[C@H](NC3CC3)C2=O)cc1. The molecular formula is C15H16N2O4. The maximum absolute atomic E-state index is 12.3. The molecule has 1 atom stereocenters. The summed E-state index contributed by atoms with van der Waals surface area (Å²) < 4.78 is 4.62. The van der Waals surface area contributed by atoms with E-state index in [4.69, 9.17) is 0 Å². The molecule has 2 amide bonds. The van der Waals surface area contributed by atoms with Crippen LogP contribution in [0.3, 0.4) is 0 Å². The van der Waals surface area contributed by atoms with E-state index in [9.17, 15) is 14.4 Å². The van der Waals surface area contributed by atoms with Gasteiger partial charge in [0.2, 0.25) is 5.91 Å². The van der Waals surface area contributed by atoms with Crippen LogP contribution in [-0.2, 0) is 14.3 Å². The summed E-state index contributed by atoms with van der Waals surface area (Å²) in [5.74, 6) is -0.893. The molecule has 1 N–H and O–H groups in total. The van der Waals surface area contributed by atoms with Gasteiger partial charge in [0.1, 0.15) is 0 Å². The Balaban J connectivity index is 1.77. The Kier molecular flexibility index (Phi) is 3.47. The Morgan fingerprint density at radius 1 is 1.24 bits per heavy atom. The number of nitrogens with zero attached hydrogens (tertiary/aromatic N) is 1. The van der Waals surface area contributed by atoms with Gasteiger partial charge in [0.25, 0.3) is 5.91 Å². The first-order valence-electron chi connectivity index (χ1n) is 6.91. The second-order valence-corrected chi connectivity index (χ2v) is 5.30. The number of esters is 1. The highest BCUT2D eigenvalue weighted by Crippen LogP contribution is 2.26. The molecule has 1 heterocycles. The fourth-order valence-electron chi connectivity index (χ4n) is 2.43. The Morgan fingerprint density at radius 2 is 1.90 bits per heavy atom. The first-order chi connectivity index (χ1) is 10.1. The minimum atomic E-state index is -0.450. The quantitative estimate of drug-likeness (QED) is 0.657. The number of carbonyl (C=O) groups excluding carboxylic acids is 3. The number of carbonyl (C=O) groups is 3. The minimum absolute atomic E-state index is 0.189. The second-order valence-electron chi connectivity index (χ2n) is 5.30. The minimum Gasteiger partial charge on any atom is -0.465 e. The lowest BCUT2D eigenvalue weighted by atomic mass is 10.2. The molecule has 1 saturated carbocycles. The molecule has 110 valence electrons. The lowest BCUT2D eigenvalue weighted by Crippen LogP contribution is -2.39. The third kappa shape index (κ3) is 2.67. The molecule has 1 aliphatic heterocycles. The summed E-state index contributed by atoms with van der Waals surface area (Å²) in [7, 11) is 1.30. The van der Waals surface area contributed by atoms with Crippen molar-refractivity contribution in [3.8, 4) is 0 Å². The zero-order valence-electron chi connectivity index (χ0n) is 11.7. The number of amides is 2. The van der Waals surface area contributed by atoms with Gasteiger partial charge in [-0.05, 0) is 37.1 Å². The van der Waals surface area contributed by atoms with Gasteiger partial charge < -0.3 is 10.1 Å². The number of benzene rings is 1. The Morgan fingerprint density at radius 3 is 2.48 bits per heavy atom. The van der Waals surface area contributed by atoms with Gasteiger partial charge in [0.15, 0.2) is 0 Å². The molecule has 1 aliphatic carbocycles. The van der Waals surface area contributed by atoms with Crippen molar-refractivity contribution in [1.82, 2.24) is 5.32 Å². The summed E-state index contributed by atoms with van der Waals surface area (Å²) in [6, 6.07) is 6.20. The van der Waals surface area contributed by atoms with Crippen molar-refractivity contribution in [3.05, 3.63) is 29.8 Å². The summed E-state index contributed by atoms with van der Waals surface area (Å²) in [6.45, 7) is 0. The summed E-state index contributed by atoms with van der Waals surface area (Å²) >= 11 is 0. The van der Waals surface area contributed by atoms with E-state index in [0.29, 0.717) is 17.3 Å². The van der Waals surface area contributed by atoms with Crippen LogP contribution in [0.1, 0.15) is 29.6 Å². The molecular weight excluding hydrogens is 272 g/mol. The number of anilines is 1. The van der Waals surface area contributed by atoms with E-state index in [1.807, 2.05) is 0 Å². The van der Waals surface area contributed by atoms with E-state index in [0.717, 1.165) is 12.8 Å². The zero-order chi connectivity index (χ0) is 15.0. The van der Waals surface area contributed by atoms with Crippen LogP contribution in [0.15, 0.2) is 24.3 Å². The van der Waals surface area contributed by atoms with Gasteiger partial charge in [-0.1, -0.05) is 0 Å². The van der Waals surface area contributed by atoms with Crippen LogP contribution in [0.4, 0.5) is 5.69 Å². The summed E-state index contributed by atoms with van der Waals surface area (Å²) in [4.78, 5) is 36.9. The third-order valence-corrected chi connectivity index (χ3v) is 3.71. The summed E-state index contributed by atoms with van der Waals surface area (Å²) in [5, 5.41) is 3.19. The van der Waals surface area contributed by atoms with E-state index in [2.05, 4.69) is 10.1 Å². The van der Waals surface area contributed by atoms with Gasteiger partial charge in [-0.2, -0.15) is 0 Å². The molecule has 0 unspecified atom stereocenters. The number of hydrogen-bond donors (Lipinski definition) is 1. The van der Waals surface area contributed by atoms with Gasteiger partial charge in [-0.3, -0.25) is 9.59 Å². The van der Waals surface area contributed by atoms with E-state index in [1.165, 1.54) is 12.0 Å². The molecule has 21 heavy (non-hydrogen) atoms. The normalized spacial score (nSPS) is 21.8. The van der Waals surface area contributed by atoms with E-state index in [1.54, 1.807) is 24.3 Å². The molecule has 0 bridgehead atoms. The van der Waals surface area contributed by atoms with Crippen molar-refractivity contribution in [1.29, 1.82) is 0 Å². The molecule has 2 aliphatic rings. The first-order valence-corrected chi connectivity index (χ1v) is 6.91. The van der Waals surface area contributed by atoms with Crippen LogP contribution < -0.4 is 10.2 Å². The zero-order valence-corrected chi connectivity index (χ0v) is 11.7. The summed E-state index contributed by atoms with van der Waals surface area (Å²) in [6.07, 6.45) is 2.31. The van der Waals surface area contributed by atoms with Gasteiger partial charge in [0.05, 0.1) is 30.8 Å². The lowest BCUT2D eigenvalue weighted by molar-refractivity contribution is -0.121. The molecule has 0 spiro atoms. The monoisotopic (exact) mass is 288 g/mol. The van der Waals surface area contributed by atoms with Crippen LogP contribution in [0.2, 0.25) is 0 Å². The third-order valence-electron chi connectivity index (χ3n) is 3.71. The maximum atomic E-state index is 12.3. The van der Waals surface area contributed by atoms with E-state index < -0.39 is 12.0 Å². The van der Waals surface area contributed by atoms with Gasteiger partial charge in [0, 0.05) is 6.04 Å². The van der Waals surface area contributed by atoms with Crippen LogP contribution in [0, 0.1) is 0 Å². The number of nitrogens with one attached hydrogen (secondary N) is 1. The molecule has 3 rings (SSSR count). The van der Waals surface area contributed by atoms with Crippen molar-refractivity contribution in [2.45, 2.75) is 31.3 Å². The molecule has 1 saturated heterocycles. The number of methoxy groups -OCH3 is 1. The molecule has 1 aromatic rings.